The summed E-state index contributed by atoms with van der Waals surface area (Å²) in [5.74, 6) is 0.233. The van der Waals surface area contributed by atoms with Crippen LogP contribution in [0.5, 0.6) is 0 Å². The lowest BCUT2D eigenvalue weighted by Crippen LogP contribution is -2.45. The molecule has 1 atom stereocenters. The number of likely N-dealkylation sites (tertiary alicyclic amines) is 1. The zero-order chi connectivity index (χ0) is 14.9. The van der Waals surface area contributed by atoms with Gasteiger partial charge in [-0.1, -0.05) is 0 Å². The van der Waals surface area contributed by atoms with Gasteiger partial charge < -0.3 is 4.90 Å². The van der Waals surface area contributed by atoms with Crippen LogP contribution in [0.25, 0.3) is 0 Å². The average Bonchev–Trinajstić information content (AvgIpc) is 3.23. The third kappa shape index (κ3) is 2.58. The number of rotatable bonds is 3. The highest BCUT2D eigenvalue weighted by atomic mass is 32.1. The molecule has 0 unspecified atom stereocenters. The molecule has 4 rings (SSSR count). The molecule has 1 saturated heterocycles. The Balaban J connectivity index is 1.53. The molecule has 0 aromatic carbocycles. The Morgan fingerprint density at radius 1 is 1.32 bits per heavy atom. The summed E-state index contributed by atoms with van der Waals surface area (Å²) in [4.78, 5) is 17.4. The van der Waals surface area contributed by atoms with Crippen molar-refractivity contribution in [2.24, 2.45) is 0 Å². The second-order valence-corrected chi connectivity index (χ2v) is 7.43. The summed E-state index contributed by atoms with van der Waals surface area (Å²) in [7, 11) is 0. The first-order valence-corrected chi connectivity index (χ1v) is 9.03. The van der Waals surface area contributed by atoms with Crippen LogP contribution in [-0.4, -0.2) is 33.2 Å². The molecule has 0 saturated carbocycles. The van der Waals surface area contributed by atoms with Crippen molar-refractivity contribution in [1.29, 1.82) is 0 Å². The van der Waals surface area contributed by atoms with Crippen molar-refractivity contribution in [3.63, 3.8) is 0 Å². The molecule has 0 spiro atoms. The van der Waals surface area contributed by atoms with Crippen LogP contribution in [0.4, 0.5) is 0 Å². The first kappa shape index (κ1) is 14.0. The molecule has 1 aliphatic heterocycles. The number of carbonyl (C=O) groups is 1. The minimum Gasteiger partial charge on any atom is -0.333 e. The molecular formula is C17H21N3OS. The average molecular weight is 315 g/mol. The second-order valence-electron chi connectivity index (χ2n) is 6.29. The van der Waals surface area contributed by atoms with Gasteiger partial charge in [0.25, 0.3) is 5.91 Å². The van der Waals surface area contributed by atoms with Crippen molar-refractivity contribution in [1.82, 2.24) is 14.7 Å². The van der Waals surface area contributed by atoms with Gasteiger partial charge in [-0.3, -0.25) is 9.48 Å². The molecule has 2 aliphatic rings. The van der Waals surface area contributed by atoms with Gasteiger partial charge >= 0.3 is 0 Å². The Labute approximate surface area is 134 Å². The molecule has 0 radical (unpaired) electrons. The normalized spacial score (nSPS) is 21.1. The molecule has 116 valence electrons. The van der Waals surface area contributed by atoms with E-state index < -0.39 is 0 Å². The maximum atomic E-state index is 13.0. The molecule has 2 aromatic heterocycles. The second kappa shape index (κ2) is 5.88. The van der Waals surface area contributed by atoms with Gasteiger partial charge in [0.2, 0.25) is 0 Å². The lowest BCUT2D eigenvalue weighted by molar-refractivity contribution is 0.0589. The highest BCUT2D eigenvalue weighted by molar-refractivity contribution is 7.14. The Kier molecular flexibility index (Phi) is 3.74. The zero-order valence-corrected chi connectivity index (χ0v) is 13.5. The number of aromatic nitrogens is 2. The zero-order valence-electron chi connectivity index (χ0n) is 12.7. The molecule has 0 bridgehead atoms. The van der Waals surface area contributed by atoms with E-state index in [1.807, 2.05) is 16.9 Å². The summed E-state index contributed by atoms with van der Waals surface area (Å²) >= 11 is 1.72. The van der Waals surface area contributed by atoms with Crippen LogP contribution in [0.1, 0.15) is 45.8 Å². The van der Waals surface area contributed by atoms with Crippen LogP contribution < -0.4 is 0 Å². The van der Waals surface area contributed by atoms with E-state index in [0.29, 0.717) is 0 Å². The summed E-state index contributed by atoms with van der Waals surface area (Å²) < 4.78 is 1.95. The summed E-state index contributed by atoms with van der Waals surface area (Å²) in [6.45, 7) is 1.69. The fourth-order valence-electron chi connectivity index (χ4n) is 3.66. The van der Waals surface area contributed by atoms with E-state index in [0.717, 1.165) is 43.6 Å². The predicted molar refractivity (Wildman–Crippen MR) is 87.2 cm³/mol. The number of aryl methyl sites for hydroxylation is 2. The van der Waals surface area contributed by atoms with E-state index >= 15 is 0 Å². The van der Waals surface area contributed by atoms with Gasteiger partial charge in [-0.2, -0.15) is 5.10 Å². The number of nitrogens with zero attached hydrogens (tertiary/aromatic N) is 3. The number of hydrogen-bond donors (Lipinski definition) is 0. The summed E-state index contributed by atoms with van der Waals surface area (Å²) in [5, 5.41) is 4.30. The van der Waals surface area contributed by atoms with Crippen LogP contribution in [0.2, 0.25) is 0 Å². The van der Waals surface area contributed by atoms with Crippen molar-refractivity contribution >= 4 is 17.2 Å². The van der Waals surface area contributed by atoms with Gasteiger partial charge in [0.1, 0.15) is 0 Å². The van der Waals surface area contributed by atoms with E-state index in [9.17, 15) is 4.79 Å². The van der Waals surface area contributed by atoms with Crippen LogP contribution in [0.15, 0.2) is 24.5 Å². The SMILES string of the molecule is O=C(c1cc2c(s1)CCC2)N1CCCC[C@H]1Cn1cccn1. The molecule has 4 nitrogen and oxygen atoms in total. The number of hydrogen-bond acceptors (Lipinski definition) is 3. The molecule has 0 N–H and O–H groups in total. The van der Waals surface area contributed by atoms with Crippen LogP contribution in [0.3, 0.4) is 0 Å². The van der Waals surface area contributed by atoms with Gasteiger partial charge in [0.05, 0.1) is 17.5 Å². The highest BCUT2D eigenvalue weighted by Crippen LogP contribution is 2.32. The first-order valence-electron chi connectivity index (χ1n) is 8.21. The van der Waals surface area contributed by atoms with Crippen molar-refractivity contribution in [2.45, 2.75) is 51.1 Å². The Hall–Kier alpha value is -1.62. The molecule has 5 heteroatoms. The van der Waals surface area contributed by atoms with Crippen molar-refractivity contribution in [3.8, 4) is 0 Å². The first-order chi connectivity index (χ1) is 10.8. The lowest BCUT2D eigenvalue weighted by atomic mass is 10.0. The molecule has 1 fully saturated rings. The number of thiophene rings is 1. The third-order valence-corrected chi connectivity index (χ3v) is 6.03. The highest BCUT2D eigenvalue weighted by Gasteiger charge is 2.29. The number of fused-ring (bicyclic) bond motifs is 1. The van der Waals surface area contributed by atoms with Crippen LogP contribution in [0, 0.1) is 0 Å². The van der Waals surface area contributed by atoms with Crippen molar-refractivity contribution < 1.29 is 4.79 Å². The Bertz CT molecular complexity index is 640. The fraction of sp³-hybridized carbons (Fsp3) is 0.529. The topological polar surface area (TPSA) is 38.1 Å². The molecular weight excluding hydrogens is 294 g/mol. The van der Waals surface area contributed by atoms with Crippen LogP contribution >= 0.6 is 11.3 Å². The smallest absolute Gasteiger partial charge is 0.264 e. The van der Waals surface area contributed by atoms with Gasteiger partial charge in [0, 0.05) is 23.8 Å². The van der Waals surface area contributed by atoms with Gasteiger partial charge in [-0.25, -0.2) is 0 Å². The summed E-state index contributed by atoms with van der Waals surface area (Å²) in [6, 6.07) is 4.37. The molecule has 1 amide bonds. The number of amides is 1. The fourth-order valence-corrected chi connectivity index (χ4v) is 4.87. The quantitative estimate of drug-likeness (QED) is 0.873. The van der Waals surface area contributed by atoms with Crippen molar-refractivity contribution in [2.75, 3.05) is 6.54 Å². The number of carbonyl (C=O) groups excluding carboxylic acids is 1. The molecule has 22 heavy (non-hydrogen) atoms. The van der Waals surface area contributed by atoms with E-state index in [1.165, 1.54) is 23.3 Å². The lowest BCUT2D eigenvalue weighted by Gasteiger charge is -2.35. The Morgan fingerprint density at radius 2 is 2.27 bits per heavy atom. The molecule has 1 aliphatic carbocycles. The maximum absolute atomic E-state index is 13.0. The molecule has 2 aromatic rings. The van der Waals surface area contributed by atoms with Gasteiger partial charge in [-0.15, -0.1) is 11.3 Å². The van der Waals surface area contributed by atoms with E-state index in [4.69, 9.17) is 0 Å². The summed E-state index contributed by atoms with van der Waals surface area (Å²) in [5.41, 5.74) is 1.41. The molecule has 3 heterocycles. The van der Waals surface area contributed by atoms with Gasteiger partial charge in [-0.05, 0) is 56.2 Å². The predicted octanol–water partition coefficient (Wildman–Crippen LogP) is 3.13. The monoisotopic (exact) mass is 315 g/mol. The maximum Gasteiger partial charge on any atom is 0.264 e. The minimum atomic E-state index is 0.233. The van der Waals surface area contributed by atoms with Crippen LogP contribution in [-0.2, 0) is 19.4 Å². The van der Waals surface area contributed by atoms with Crippen molar-refractivity contribution in [3.05, 3.63) is 39.8 Å². The Morgan fingerprint density at radius 3 is 3.09 bits per heavy atom. The largest absolute Gasteiger partial charge is 0.333 e. The van der Waals surface area contributed by atoms with E-state index in [1.54, 1.807) is 17.5 Å². The summed E-state index contributed by atoms with van der Waals surface area (Å²) in [6.07, 6.45) is 10.7. The number of piperidine rings is 1. The van der Waals surface area contributed by atoms with E-state index in [2.05, 4.69) is 16.1 Å². The minimum absolute atomic E-state index is 0.233. The third-order valence-electron chi connectivity index (χ3n) is 4.80. The standard InChI is InChI=1S/C17H21N3OS/c21-17(16-11-13-5-3-7-15(13)22-16)20-10-2-1-6-14(20)12-19-9-4-8-18-19/h4,8-9,11,14H,1-3,5-7,10,12H2/t14-/m0/s1. The van der Waals surface area contributed by atoms with E-state index in [-0.39, 0.29) is 11.9 Å². The van der Waals surface area contributed by atoms with Gasteiger partial charge in [0.15, 0.2) is 0 Å².